The van der Waals surface area contributed by atoms with Crippen LogP contribution in [0.3, 0.4) is 0 Å². The zero-order valence-corrected chi connectivity index (χ0v) is 13.9. The Bertz CT molecular complexity index is 674. The predicted molar refractivity (Wildman–Crippen MR) is 86.9 cm³/mol. The lowest BCUT2D eigenvalue weighted by Gasteiger charge is -2.13. The van der Waals surface area contributed by atoms with Crippen LogP contribution in [-0.2, 0) is 9.53 Å². The first-order chi connectivity index (χ1) is 10.5. The van der Waals surface area contributed by atoms with Crippen molar-refractivity contribution < 1.29 is 14.3 Å². The monoisotopic (exact) mass is 382 g/mol. The normalized spacial score (nSPS) is 11.6. The summed E-state index contributed by atoms with van der Waals surface area (Å²) < 4.78 is 5.99. The van der Waals surface area contributed by atoms with E-state index in [1.807, 2.05) is 0 Å². The first-order valence-electron chi connectivity index (χ1n) is 6.34. The molecule has 22 heavy (non-hydrogen) atoms. The number of esters is 1. The Kier molecular flexibility index (Phi) is 5.51. The summed E-state index contributed by atoms with van der Waals surface area (Å²) >= 11 is 8.95. The van der Waals surface area contributed by atoms with Crippen molar-refractivity contribution >= 4 is 45.1 Å². The SMILES string of the molecule is C[C@H](OC(=O)c1ccc(Cl)nc1)C(=O)Nc1ccc(Br)cc1. The average Bonchev–Trinajstić information content (AvgIpc) is 2.50. The number of aromatic nitrogens is 1. The molecule has 1 amide bonds. The van der Waals surface area contributed by atoms with Gasteiger partial charge < -0.3 is 10.1 Å². The predicted octanol–water partition coefficient (Wildman–Crippen LogP) is 3.68. The fourth-order valence-electron chi connectivity index (χ4n) is 1.56. The average molecular weight is 384 g/mol. The van der Waals surface area contributed by atoms with Gasteiger partial charge in [-0.05, 0) is 43.3 Å². The zero-order valence-electron chi connectivity index (χ0n) is 11.5. The number of benzene rings is 1. The van der Waals surface area contributed by atoms with E-state index in [-0.39, 0.29) is 10.7 Å². The van der Waals surface area contributed by atoms with Crippen molar-refractivity contribution in [2.75, 3.05) is 5.32 Å². The number of carbonyl (C=O) groups is 2. The molecule has 0 aliphatic rings. The second-order valence-electron chi connectivity index (χ2n) is 4.41. The molecule has 0 saturated carbocycles. The molecule has 0 radical (unpaired) electrons. The molecule has 0 saturated heterocycles. The number of rotatable bonds is 4. The van der Waals surface area contributed by atoms with Gasteiger partial charge in [-0.1, -0.05) is 27.5 Å². The highest BCUT2D eigenvalue weighted by atomic mass is 79.9. The Morgan fingerprint density at radius 3 is 2.50 bits per heavy atom. The number of nitrogens with one attached hydrogen (secondary N) is 1. The van der Waals surface area contributed by atoms with Crippen molar-refractivity contribution in [3.63, 3.8) is 0 Å². The molecular formula is C15H12BrClN2O3. The summed E-state index contributed by atoms with van der Waals surface area (Å²) in [5.41, 5.74) is 0.844. The highest BCUT2D eigenvalue weighted by Crippen LogP contribution is 2.15. The van der Waals surface area contributed by atoms with E-state index in [1.165, 1.54) is 25.3 Å². The molecule has 0 fully saturated rings. The van der Waals surface area contributed by atoms with Gasteiger partial charge in [0.15, 0.2) is 6.10 Å². The van der Waals surface area contributed by atoms with Crippen LogP contribution < -0.4 is 5.32 Å². The van der Waals surface area contributed by atoms with Gasteiger partial charge in [0, 0.05) is 16.4 Å². The van der Waals surface area contributed by atoms with Gasteiger partial charge in [-0.3, -0.25) is 4.79 Å². The van der Waals surface area contributed by atoms with Crippen LogP contribution in [0.2, 0.25) is 5.15 Å². The third-order valence-corrected chi connectivity index (χ3v) is 3.48. The van der Waals surface area contributed by atoms with Crippen molar-refractivity contribution in [3.8, 4) is 0 Å². The van der Waals surface area contributed by atoms with Gasteiger partial charge >= 0.3 is 5.97 Å². The first kappa shape index (κ1) is 16.5. The van der Waals surface area contributed by atoms with Crippen molar-refractivity contribution in [1.29, 1.82) is 0 Å². The molecule has 0 unspecified atom stereocenters. The van der Waals surface area contributed by atoms with E-state index >= 15 is 0 Å². The summed E-state index contributed by atoms with van der Waals surface area (Å²) in [7, 11) is 0. The van der Waals surface area contributed by atoms with Crippen LogP contribution in [0.5, 0.6) is 0 Å². The molecule has 1 atom stereocenters. The van der Waals surface area contributed by atoms with Gasteiger partial charge in [0.2, 0.25) is 0 Å². The molecule has 0 aliphatic heterocycles. The van der Waals surface area contributed by atoms with Gasteiger partial charge in [-0.25, -0.2) is 9.78 Å². The van der Waals surface area contributed by atoms with E-state index in [4.69, 9.17) is 16.3 Å². The number of hydrogen-bond donors (Lipinski definition) is 1. The lowest BCUT2D eigenvalue weighted by atomic mass is 10.2. The maximum atomic E-state index is 12.0. The Balaban J connectivity index is 1.94. The van der Waals surface area contributed by atoms with E-state index in [1.54, 1.807) is 24.3 Å². The first-order valence-corrected chi connectivity index (χ1v) is 7.52. The van der Waals surface area contributed by atoms with E-state index in [0.29, 0.717) is 5.69 Å². The summed E-state index contributed by atoms with van der Waals surface area (Å²) in [5, 5.41) is 2.94. The number of hydrogen-bond acceptors (Lipinski definition) is 4. The highest BCUT2D eigenvalue weighted by molar-refractivity contribution is 9.10. The third-order valence-electron chi connectivity index (χ3n) is 2.73. The van der Waals surface area contributed by atoms with Crippen LogP contribution >= 0.6 is 27.5 Å². The quantitative estimate of drug-likeness (QED) is 0.646. The molecule has 1 N–H and O–H groups in total. The standard InChI is InChI=1S/C15H12BrClN2O3/c1-9(14(20)19-12-5-3-11(16)4-6-12)22-15(21)10-2-7-13(17)18-8-10/h2-9H,1H3,(H,19,20)/t9-/m0/s1. The number of halogens is 2. The van der Waals surface area contributed by atoms with Gasteiger partial charge in [-0.2, -0.15) is 0 Å². The Labute approximate surface area is 140 Å². The van der Waals surface area contributed by atoms with Crippen LogP contribution in [0.4, 0.5) is 5.69 Å². The molecule has 7 heteroatoms. The second kappa shape index (κ2) is 7.38. The summed E-state index contributed by atoms with van der Waals surface area (Å²) in [5.74, 6) is -1.06. The van der Waals surface area contributed by atoms with Crippen LogP contribution in [0.1, 0.15) is 17.3 Å². The number of ether oxygens (including phenoxy) is 1. The second-order valence-corrected chi connectivity index (χ2v) is 5.72. The van der Waals surface area contributed by atoms with Crippen LogP contribution in [-0.4, -0.2) is 23.0 Å². The number of amides is 1. The Hall–Kier alpha value is -1.92. The molecule has 2 rings (SSSR count). The van der Waals surface area contributed by atoms with Gasteiger partial charge in [0.25, 0.3) is 5.91 Å². The molecule has 1 aromatic heterocycles. The fourth-order valence-corrected chi connectivity index (χ4v) is 1.93. The van der Waals surface area contributed by atoms with Crippen molar-refractivity contribution in [1.82, 2.24) is 4.98 Å². The minimum atomic E-state index is -0.938. The summed E-state index contributed by atoms with van der Waals surface area (Å²) in [4.78, 5) is 27.6. The molecule has 1 heterocycles. The number of anilines is 1. The van der Waals surface area contributed by atoms with Gasteiger partial charge in [0.1, 0.15) is 5.15 Å². The van der Waals surface area contributed by atoms with E-state index in [0.717, 1.165) is 4.47 Å². The molecule has 1 aromatic carbocycles. The molecule has 0 bridgehead atoms. The van der Waals surface area contributed by atoms with Crippen LogP contribution in [0.15, 0.2) is 47.1 Å². The largest absolute Gasteiger partial charge is 0.449 e. The highest BCUT2D eigenvalue weighted by Gasteiger charge is 2.19. The molecule has 5 nitrogen and oxygen atoms in total. The zero-order chi connectivity index (χ0) is 16.1. The number of nitrogens with zero attached hydrogens (tertiary/aromatic N) is 1. The molecule has 114 valence electrons. The van der Waals surface area contributed by atoms with Gasteiger partial charge in [-0.15, -0.1) is 0 Å². The van der Waals surface area contributed by atoms with Crippen LogP contribution in [0.25, 0.3) is 0 Å². The smallest absolute Gasteiger partial charge is 0.340 e. The van der Waals surface area contributed by atoms with E-state index < -0.39 is 18.0 Å². The summed E-state index contributed by atoms with van der Waals surface area (Å²) in [6, 6.07) is 10.0. The number of carbonyl (C=O) groups excluding carboxylic acids is 2. The van der Waals surface area contributed by atoms with Gasteiger partial charge in [0.05, 0.1) is 5.56 Å². The maximum Gasteiger partial charge on any atom is 0.340 e. The minimum absolute atomic E-state index is 0.229. The molecular weight excluding hydrogens is 372 g/mol. The summed E-state index contributed by atoms with van der Waals surface area (Å²) in [6.45, 7) is 1.50. The van der Waals surface area contributed by atoms with E-state index in [9.17, 15) is 9.59 Å². The minimum Gasteiger partial charge on any atom is -0.449 e. The topological polar surface area (TPSA) is 68.3 Å². The molecule has 0 spiro atoms. The van der Waals surface area contributed by atoms with Crippen molar-refractivity contribution in [3.05, 3.63) is 57.8 Å². The Morgan fingerprint density at radius 2 is 1.91 bits per heavy atom. The number of pyridine rings is 1. The molecule has 2 aromatic rings. The maximum absolute atomic E-state index is 12.0. The van der Waals surface area contributed by atoms with E-state index in [2.05, 4.69) is 26.2 Å². The lowest BCUT2D eigenvalue weighted by Crippen LogP contribution is -2.30. The third kappa shape index (κ3) is 4.54. The fraction of sp³-hybridized carbons (Fsp3) is 0.133. The van der Waals surface area contributed by atoms with Crippen molar-refractivity contribution in [2.45, 2.75) is 13.0 Å². The lowest BCUT2D eigenvalue weighted by molar-refractivity contribution is -0.123. The van der Waals surface area contributed by atoms with Crippen molar-refractivity contribution in [2.24, 2.45) is 0 Å². The molecule has 0 aliphatic carbocycles. The summed E-state index contributed by atoms with van der Waals surface area (Å²) in [6.07, 6.45) is 0.358. The Morgan fingerprint density at radius 1 is 1.23 bits per heavy atom. The van der Waals surface area contributed by atoms with Crippen LogP contribution in [0, 0.1) is 0 Å².